The van der Waals surface area contributed by atoms with Crippen molar-refractivity contribution in [3.8, 4) is 0 Å². The van der Waals surface area contributed by atoms with Gasteiger partial charge in [0.15, 0.2) is 0 Å². The van der Waals surface area contributed by atoms with Crippen molar-refractivity contribution in [2.24, 2.45) is 0 Å². The number of carbonyl (C=O) groups excluding carboxylic acids is 1. The van der Waals surface area contributed by atoms with Gasteiger partial charge in [-0.1, -0.05) is 30.3 Å². The molecule has 0 aliphatic carbocycles. The smallest absolute Gasteiger partial charge is 0.329 e. The summed E-state index contributed by atoms with van der Waals surface area (Å²) in [5.74, 6) is -0.378. The van der Waals surface area contributed by atoms with E-state index >= 15 is 0 Å². The molecule has 0 saturated heterocycles. The second-order valence-corrected chi connectivity index (χ2v) is 6.12. The molecule has 8 nitrogen and oxygen atoms in total. The number of likely N-dealkylation sites (N-methyl/N-ethyl adjacent to an activating group) is 1. The van der Waals surface area contributed by atoms with Crippen molar-refractivity contribution in [1.29, 1.82) is 0 Å². The van der Waals surface area contributed by atoms with Gasteiger partial charge < -0.3 is 9.84 Å². The Balaban J connectivity index is 1.79. The Morgan fingerprint density at radius 1 is 1.42 bits per heavy atom. The molecule has 26 heavy (non-hydrogen) atoms. The molecule has 2 unspecified atom stereocenters. The van der Waals surface area contributed by atoms with E-state index in [-0.39, 0.29) is 18.6 Å². The number of fused-ring (bicyclic) bond motifs is 1. The normalized spacial score (nSPS) is 19.4. The number of nitrogens with zero attached hydrogens (tertiary/aromatic N) is 3. The fourth-order valence-corrected chi connectivity index (χ4v) is 3.17. The highest BCUT2D eigenvalue weighted by molar-refractivity contribution is 5.78. The molecule has 0 radical (unpaired) electrons. The predicted octanol–water partition coefficient (Wildman–Crippen LogP) is 0.797. The van der Waals surface area contributed by atoms with Crippen molar-refractivity contribution in [3.63, 3.8) is 0 Å². The van der Waals surface area contributed by atoms with Crippen molar-refractivity contribution in [2.45, 2.75) is 25.2 Å². The number of methoxy groups -OCH3 is 1. The maximum atomic E-state index is 12.1. The number of benzene rings is 1. The van der Waals surface area contributed by atoms with Gasteiger partial charge in [-0.2, -0.15) is 10.2 Å². The van der Waals surface area contributed by atoms with Gasteiger partial charge in [0, 0.05) is 19.2 Å². The molecule has 0 fully saturated rings. The van der Waals surface area contributed by atoms with Crippen LogP contribution in [0.25, 0.3) is 0 Å². The second-order valence-electron chi connectivity index (χ2n) is 6.12. The number of esters is 1. The van der Waals surface area contributed by atoms with Gasteiger partial charge in [-0.3, -0.25) is 14.8 Å². The summed E-state index contributed by atoms with van der Waals surface area (Å²) in [6, 6.07) is 9.20. The summed E-state index contributed by atoms with van der Waals surface area (Å²) in [6.07, 6.45) is 1.73. The molecule has 0 amide bonds. The molecule has 0 saturated carbocycles. The first-order chi connectivity index (χ1) is 12.7. The van der Waals surface area contributed by atoms with Gasteiger partial charge in [-0.25, -0.2) is 4.79 Å². The van der Waals surface area contributed by atoms with Crippen molar-refractivity contribution in [3.05, 3.63) is 53.3 Å². The molecule has 140 valence electrons. The van der Waals surface area contributed by atoms with Gasteiger partial charge in [-0.05, 0) is 5.56 Å². The molecule has 0 bridgehead atoms. The lowest BCUT2D eigenvalue weighted by Gasteiger charge is -2.34. The van der Waals surface area contributed by atoms with Gasteiger partial charge in [0.25, 0.3) is 0 Å². The van der Waals surface area contributed by atoms with E-state index < -0.39 is 6.04 Å². The van der Waals surface area contributed by atoms with Crippen LogP contribution in [0, 0.1) is 0 Å². The molecular formula is C18H24N4O4. The summed E-state index contributed by atoms with van der Waals surface area (Å²) >= 11 is 0. The third-order valence-electron chi connectivity index (χ3n) is 4.52. The molecule has 1 aromatic heterocycles. The average Bonchev–Trinajstić information content (AvgIpc) is 3.10. The van der Waals surface area contributed by atoms with E-state index in [0.29, 0.717) is 25.4 Å². The third kappa shape index (κ3) is 3.78. The minimum Gasteiger partial charge on any atom is -0.468 e. The fraction of sp³-hybridized carbons (Fsp3) is 0.444. The maximum Gasteiger partial charge on any atom is 0.329 e. The second kappa shape index (κ2) is 8.41. The van der Waals surface area contributed by atoms with E-state index in [1.165, 1.54) is 7.11 Å². The summed E-state index contributed by atoms with van der Waals surface area (Å²) in [6.45, 7) is 1.22. The zero-order valence-electron chi connectivity index (χ0n) is 15.0. The first-order valence-electron chi connectivity index (χ1n) is 8.53. The number of aromatic nitrogens is 2. The standard InChI is InChI=1S/C18H24N4O4/c1-21(26-12-13-6-4-3-5-7-13)15-11-19-16(18(24)25-2)17-14(15)10-20-22(17)8-9-23/h3-7,10,15-16,19,23H,8-9,11-12H2,1-2H3. The van der Waals surface area contributed by atoms with Crippen molar-refractivity contribution in [1.82, 2.24) is 20.2 Å². The van der Waals surface area contributed by atoms with E-state index in [1.54, 1.807) is 15.9 Å². The number of rotatable bonds is 7. The Kier molecular flexibility index (Phi) is 6.00. The summed E-state index contributed by atoms with van der Waals surface area (Å²) in [5.41, 5.74) is 2.67. The van der Waals surface area contributed by atoms with E-state index in [1.807, 2.05) is 37.4 Å². The summed E-state index contributed by atoms with van der Waals surface area (Å²) < 4.78 is 6.54. The molecule has 1 aliphatic heterocycles. The van der Waals surface area contributed by atoms with Gasteiger partial charge in [-0.15, -0.1) is 0 Å². The highest BCUT2D eigenvalue weighted by atomic mass is 16.7. The molecule has 3 rings (SSSR count). The Bertz CT molecular complexity index is 734. The number of hydroxylamine groups is 2. The van der Waals surface area contributed by atoms with Crippen LogP contribution in [-0.4, -0.2) is 53.2 Å². The van der Waals surface area contributed by atoms with E-state index in [2.05, 4.69) is 10.4 Å². The first-order valence-corrected chi connectivity index (χ1v) is 8.53. The highest BCUT2D eigenvalue weighted by Gasteiger charge is 2.37. The number of hydrogen-bond acceptors (Lipinski definition) is 7. The zero-order chi connectivity index (χ0) is 18.5. The van der Waals surface area contributed by atoms with Crippen LogP contribution in [0.4, 0.5) is 0 Å². The van der Waals surface area contributed by atoms with Crippen LogP contribution in [-0.2, 0) is 27.5 Å². The molecule has 2 aromatic rings. The van der Waals surface area contributed by atoms with Crippen molar-refractivity contribution < 1.29 is 19.5 Å². The SMILES string of the molecule is COC(=O)C1NCC(N(C)OCc2ccccc2)c2cnn(CCO)c21. The van der Waals surface area contributed by atoms with Gasteiger partial charge in [0.2, 0.25) is 0 Å². The van der Waals surface area contributed by atoms with Crippen LogP contribution in [0.5, 0.6) is 0 Å². The topological polar surface area (TPSA) is 88.9 Å². The van der Waals surface area contributed by atoms with E-state index in [4.69, 9.17) is 9.57 Å². The zero-order valence-corrected chi connectivity index (χ0v) is 15.0. The summed E-state index contributed by atoms with van der Waals surface area (Å²) in [7, 11) is 3.22. The monoisotopic (exact) mass is 360 g/mol. The Labute approximate surface area is 152 Å². The predicted molar refractivity (Wildman–Crippen MR) is 93.8 cm³/mol. The molecular weight excluding hydrogens is 336 g/mol. The Hall–Kier alpha value is -2.26. The molecule has 1 aliphatic rings. The van der Waals surface area contributed by atoms with Crippen LogP contribution in [0.2, 0.25) is 0 Å². The number of carbonyl (C=O) groups is 1. The summed E-state index contributed by atoms with van der Waals surface area (Å²) in [5, 5.41) is 18.6. The Morgan fingerprint density at radius 3 is 2.88 bits per heavy atom. The van der Waals surface area contributed by atoms with Crippen LogP contribution < -0.4 is 5.32 Å². The maximum absolute atomic E-state index is 12.1. The third-order valence-corrected chi connectivity index (χ3v) is 4.52. The van der Waals surface area contributed by atoms with Gasteiger partial charge in [0.1, 0.15) is 6.04 Å². The quantitative estimate of drug-likeness (QED) is 0.558. The van der Waals surface area contributed by atoms with Crippen LogP contribution in [0.3, 0.4) is 0 Å². The molecule has 2 atom stereocenters. The van der Waals surface area contributed by atoms with Gasteiger partial charge >= 0.3 is 5.97 Å². The Morgan fingerprint density at radius 2 is 2.19 bits per heavy atom. The largest absolute Gasteiger partial charge is 0.468 e. The van der Waals surface area contributed by atoms with Crippen molar-refractivity contribution >= 4 is 5.97 Å². The van der Waals surface area contributed by atoms with Crippen molar-refractivity contribution in [2.75, 3.05) is 27.3 Å². The number of aliphatic hydroxyl groups is 1. The number of hydrogen-bond donors (Lipinski definition) is 2. The minimum absolute atomic E-state index is 0.0625. The van der Waals surface area contributed by atoms with Gasteiger partial charge in [0.05, 0.1) is 44.8 Å². The molecule has 2 N–H and O–H groups in total. The molecule has 8 heteroatoms. The fourth-order valence-electron chi connectivity index (χ4n) is 3.17. The first kappa shape index (κ1) is 18.5. The average molecular weight is 360 g/mol. The lowest BCUT2D eigenvalue weighted by Crippen LogP contribution is -2.44. The minimum atomic E-state index is -0.608. The van der Waals surface area contributed by atoms with Crippen LogP contribution in [0.15, 0.2) is 36.5 Å². The van der Waals surface area contributed by atoms with Crippen LogP contribution in [0.1, 0.15) is 28.9 Å². The van der Waals surface area contributed by atoms with E-state index in [9.17, 15) is 9.90 Å². The number of nitrogens with one attached hydrogen (secondary N) is 1. The lowest BCUT2D eigenvalue weighted by atomic mass is 9.97. The van der Waals surface area contributed by atoms with E-state index in [0.717, 1.165) is 11.1 Å². The number of aliphatic hydroxyl groups excluding tert-OH is 1. The lowest BCUT2D eigenvalue weighted by molar-refractivity contribution is -0.181. The van der Waals surface area contributed by atoms with Crippen LogP contribution >= 0.6 is 0 Å². The summed E-state index contributed by atoms with van der Waals surface area (Å²) in [4.78, 5) is 18.0. The molecule has 2 heterocycles. The highest BCUT2D eigenvalue weighted by Crippen LogP contribution is 2.32. The molecule has 0 spiro atoms. The number of ether oxygens (including phenoxy) is 1. The molecule has 1 aromatic carbocycles.